The molecule has 100 valence electrons. The highest BCUT2D eigenvalue weighted by Gasteiger charge is 2.03. The predicted octanol–water partition coefficient (Wildman–Crippen LogP) is 4.61. The van der Waals surface area contributed by atoms with Crippen LogP contribution in [0, 0.1) is 0 Å². The van der Waals surface area contributed by atoms with Crippen LogP contribution in [0.3, 0.4) is 0 Å². The zero-order valence-corrected chi connectivity index (χ0v) is 11.5. The fraction of sp³-hybridized carbons (Fsp3) is 0.0625. The number of aromatic nitrogens is 1. The molecule has 4 heteroatoms. The van der Waals surface area contributed by atoms with Crippen molar-refractivity contribution in [2.24, 2.45) is 0 Å². The van der Waals surface area contributed by atoms with Crippen molar-refractivity contribution in [2.75, 3.05) is 5.32 Å². The van der Waals surface area contributed by atoms with Crippen LogP contribution in [0.15, 0.2) is 65.5 Å². The van der Waals surface area contributed by atoms with Gasteiger partial charge in [-0.3, -0.25) is 0 Å². The normalized spacial score (nSPS) is 10.4. The van der Waals surface area contributed by atoms with Crippen LogP contribution in [-0.4, -0.2) is 4.98 Å². The molecule has 0 aliphatic rings. The lowest BCUT2D eigenvalue weighted by atomic mass is 10.1. The maximum Gasteiger partial charge on any atom is 0.181 e. The molecule has 3 nitrogen and oxygen atoms in total. The van der Waals surface area contributed by atoms with Crippen LogP contribution in [-0.2, 0) is 6.54 Å². The second kappa shape index (κ2) is 5.80. The zero-order chi connectivity index (χ0) is 13.8. The molecule has 0 saturated carbocycles. The molecule has 0 fully saturated rings. The summed E-state index contributed by atoms with van der Waals surface area (Å²) in [5, 5.41) is 4.13. The first-order valence-electron chi connectivity index (χ1n) is 6.29. The highest BCUT2D eigenvalue weighted by molar-refractivity contribution is 6.31. The van der Waals surface area contributed by atoms with E-state index < -0.39 is 0 Å². The maximum absolute atomic E-state index is 6.14. The summed E-state index contributed by atoms with van der Waals surface area (Å²) < 4.78 is 5.30. The number of benzene rings is 2. The Hall–Kier alpha value is -2.26. The first-order chi connectivity index (χ1) is 9.83. The van der Waals surface area contributed by atoms with Gasteiger partial charge in [0.05, 0.1) is 6.20 Å². The third-order valence-corrected chi connectivity index (χ3v) is 3.39. The topological polar surface area (TPSA) is 38.1 Å². The van der Waals surface area contributed by atoms with E-state index in [1.54, 1.807) is 6.20 Å². The minimum absolute atomic E-state index is 0.680. The van der Waals surface area contributed by atoms with Crippen molar-refractivity contribution in [3.05, 3.63) is 71.7 Å². The molecule has 0 radical (unpaired) electrons. The van der Waals surface area contributed by atoms with Crippen molar-refractivity contribution in [3.8, 4) is 11.3 Å². The molecule has 0 aliphatic carbocycles. The third-order valence-electron chi connectivity index (χ3n) is 3.02. The van der Waals surface area contributed by atoms with Gasteiger partial charge in [-0.2, -0.15) is 0 Å². The third kappa shape index (κ3) is 2.83. The van der Waals surface area contributed by atoms with Gasteiger partial charge in [-0.15, -0.1) is 0 Å². The number of nitrogens with one attached hydrogen (secondary N) is 1. The first-order valence-corrected chi connectivity index (χ1v) is 6.67. The van der Waals surface area contributed by atoms with Gasteiger partial charge >= 0.3 is 0 Å². The fourth-order valence-electron chi connectivity index (χ4n) is 1.98. The van der Waals surface area contributed by atoms with Gasteiger partial charge in [-0.25, -0.2) is 4.98 Å². The summed E-state index contributed by atoms with van der Waals surface area (Å²) in [6.07, 6.45) is 3.13. The van der Waals surface area contributed by atoms with Crippen molar-refractivity contribution < 1.29 is 4.42 Å². The molecule has 0 bridgehead atoms. The number of halogens is 1. The predicted molar refractivity (Wildman–Crippen MR) is 80.7 cm³/mol. The summed E-state index contributed by atoms with van der Waals surface area (Å²) >= 11 is 6.14. The van der Waals surface area contributed by atoms with E-state index in [2.05, 4.69) is 10.3 Å². The van der Waals surface area contributed by atoms with Crippen molar-refractivity contribution in [1.82, 2.24) is 4.98 Å². The minimum atomic E-state index is 0.680. The van der Waals surface area contributed by atoms with E-state index in [1.807, 2.05) is 48.5 Å². The quantitative estimate of drug-likeness (QED) is 0.760. The Kier molecular flexibility index (Phi) is 3.70. The molecule has 0 spiro atoms. The molecule has 2 aromatic carbocycles. The molecule has 0 amide bonds. The molecule has 20 heavy (non-hydrogen) atoms. The minimum Gasteiger partial charge on any atom is -0.444 e. The van der Waals surface area contributed by atoms with Gasteiger partial charge in [-0.1, -0.05) is 41.9 Å². The molecule has 1 N–H and O–H groups in total. The number of oxazole rings is 1. The smallest absolute Gasteiger partial charge is 0.181 e. The van der Waals surface area contributed by atoms with Crippen LogP contribution in [0.25, 0.3) is 11.3 Å². The Morgan fingerprint density at radius 1 is 1.10 bits per heavy atom. The maximum atomic E-state index is 6.14. The monoisotopic (exact) mass is 284 g/mol. The van der Waals surface area contributed by atoms with Crippen LogP contribution < -0.4 is 5.32 Å². The second-order valence-corrected chi connectivity index (χ2v) is 4.80. The lowest BCUT2D eigenvalue weighted by Gasteiger charge is -2.09. The summed E-state index contributed by atoms with van der Waals surface area (Å²) in [6, 6.07) is 15.8. The average molecular weight is 285 g/mol. The van der Waals surface area contributed by atoms with Crippen LogP contribution in [0.4, 0.5) is 5.69 Å². The fourth-order valence-corrected chi connectivity index (χ4v) is 2.18. The van der Waals surface area contributed by atoms with E-state index in [4.69, 9.17) is 16.0 Å². The Bertz CT molecular complexity index is 695. The van der Waals surface area contributed by atoms with Gasteiger partial charge in [0, 0.05) is 22.8 Å². The molecule has 0 aliphatic heterocycles. The van der Waals surface area contributed by atoms with Gasteiger partial charge in [0.2, 0.25) is 0 Å². The van der Waals surface area contributed by atoms with Crippen LogP contribution in [0.2, 0.25) is 5.02 Å². The molecular formula is C16H13ClN2O. The molecular weight excluding hydrogens is 272 g/mol. The Morgan fingerprint density at radius 3 is 2.80 bits per heavy atom. The number of anilines is 1. The SMILES string of the molecule is Clc1ccccc1CNc1cccc(-c2cnco2)c1. The van der Waals surface area contributed by atoms with Gasteiger partial charge in [0.1, 0.15) is 0 Å². The number of nitrogens with zero attached hydrogens (tertiary/aromatic N) is 1. The van der Waals surface area contributed by atoms with Crippen LogP contribution in [0.1, 0.15) is 5.56 Å². The highest BCUT2D eigenvalue weighted by atomic mass is 35.5. The van der Waals surface area contributed by atoms with Crippen LogP contribution in [0.5, 0.6) is 0 Å². The van der Waals surface area contributed by atoms with Gasteiger partial charge in [0.15, 0.2) is 12.2 Å². The lowest BCUT2D eigenvalue weighted by molar-refractivity contribution is 0.572. The zero-order valence-electron chi connectivity index (χ0n) is 10.7. The Balaban J connectivity index is 1.75. The molecule has 0 atom stereocenters. The summed E-state index contributed by atoms with van der Waals surface area (Å²) in [6.45, 7) is 0.680. The van der Waals surface area contributed by atoms with E-state index in [-0.39, 0.29) is 0 Å². The Labute approximate surface area is 122 Å². The number of hydrogen-bond donors (Lipinski definition) is 1. The molecule has 0 unspecified atom stereocenters. The standard InChI is InChI=1S/C16H13ClN2O/c17-15-7-2-1-4-13(15)9-19-14-6-3-5-12(8-14)16-10-18-11-20-16/h1-8,10-11,19H,9H2. The first kappa shape index (κ1) is 12.8. The van der Waals surface area contributed by atoms with Crippen molar-refractivity contribution in [1.29, 1.82) is 0 Å². The van der Waals surface area contributed by atoms with Crippen LogP contribution >= 0.6 is 11.6 Å². The number of hydrogen-bond acceptors (Lipinski definition) is 3. The van der Waals surface area contributed by atoms with E-state index in [9.17, 15) is 0 Å². The van der Waals surface area contributed by atoms with Gasteiger partial charge < -0.3 is 9.73 Å². The van der Waals surface area contributed by atoms with Crippen molar-refractivity contribution in [3.63, 3.8) is 0 Å². The highest BCUT2D eigenvalue weighted by Crippen LogP contribution is 2.23. The Morgan fingerprint density at radius 2 is 2.00 bits per heavy atom. The van der Waals surface area contributed by atoms with Crippen molar-refractivity contribution >= 4 is 17.3 Å². The molecule has 0 saturated heterocycles. The summed E-state index contributed by atoms with van der Waals surface area (Å²) in [4.78, 5) is 3.93. The van der Waals surface area contributed by atoms with E-state index in [1.165, 1.54) is 6.39 Å². The van der Waals surface area contributed by atoms with Crippen molar-refractivity contribution in [2.45, 2.75) is 6.54 Å². The summed E-state index contributed by atoms with van der Waals surface area (Å²) in [5.74, 6) is 0.756. The van der Waals surface area contributed by atoms with Gasteiger partial charge in [-0.05, 0) is 23.8 Å². The summed E-state index contributed by atoms with van der Waals surface area (Å²) in [5.41, 5.74) is 3.07. The summed E-state index contributed by atoms with van der Waals surface area (Å²) in [7, 11) is 0. The van der Waals surface area contributed by atoms with E-state index >= 15 is 0 Å². The lowest BCUT2D eigenvalue weighted by Crippen LogP contribution is -1.99. The van der Waals surface area contributed by atoms with Gasteiger partial charge in [0.25, 0.3) is 0 Å². The van der Waals surface area contributed by atoms with E-state index in [0.29, 0.717) is 6.54 Å². The number of rotatable bonds is 4. The molecule has 3 aromatic rings. The molecule has 1 aromatic heterocycles. The van der Waals surface area contributed by atoms with E-state index in [0.717, 1.165) is 27.6 Å². The second-order valence-electron chi connectivity index (χ2n) is 4.39. The average Bonchev–Trinajstić information content (AvgIpc) is 3.01. The molecule has 3 rings (SSSR count). The molecule has 1 heterocycles. The largest absolute Gasteiger partial charge is 0.444 e.